The Labute approximate surface area is 262 Å². The molecule has 0 saturated heterocycles. The van der Waals surface area contributed by atoms with Gasteiger partial charge in [-0.05, 0) is 87.4 Å². The highest BCUT2D eigenvalue weighted by Crippen LogP contribution is 2.38. The van der Waals surface area contributed by atoms with Crippen molar-refractivity contribution in [1.82, 2.24) is 9.13 Å². The molecule has 0 bridgehead atoms. The van der Waals surface area contributed by atoms with E-state index >= 15 is 0 Å². The average molecular weight is 665 g/mol. The zero-order valence-electron chi connectivity index (χ0n) is 25.1. The summed E-state index contributed by atoms with van der Waals surface area (Å²) in [6.45, 7) is 8.08. The summed E-state index contributed by atoms with van der Waals surface area (Å²) in [5.41, 5.74) is 5.34. The van der Waals surface area contributed by atoms with E-state index in [2.05, 4.69) is 38.7 Å². The molecule has 8 nitrogen and oxygen atoms in total. The maximum Gasteiger partial charge on any atom is 0.338 e. The average Bonchev–Trinajstić information content (AvgIpc) is 3.46. The van der Waals surface area contributed by atoms with Gasteiger partial charge in [-0.15, -0.1) is 0 Å². The van der Waals surface area contributed by atoms with Crippen LogP contribution in [0.5, 0.6) is 11.5 Å². The lowest BCUT2D eigenvalue weighted by Gasteiger charge is -2.27. The van der Waals surface area contributed by atoms with Crippen LogP contribution in [0, 0.1) is 13.8 Å². The standard InChI is InChI=1S/C33H34BrN3O5S/c1-7-9-26-29(32(39)42-8-2)30(25-18-24(40-5)14-15-27(25)41-6)37-31(38)28(43-33(37)35-26)17-21-16-19(3)36(20(21)4)23-12-10-22(34)11-13-23/h10-18,30H,7-9H2,1-6H3/b28-17-/t30-/m0/s1. The summed E-state index contributed by atoms with van der Waals surface area (Å²) in [5, 5.41) is 0. The summed E-state index contributed by atoms with van der Waals surface area (Å²) >= 11 is 4.82. The SMILES string of the molecule is CCCC1=C(C(=O)OCC)[C@H](c2cc(OC)ccc2OC)n2c(s/c(=C\c3cc(C)n(-c4ccc(Br)cc4)c3C)c2=O)=N1. The number of rotatable bonds is 9. The van der Waals surface area contributed by atoms with Gasteiger partial charge in [0.25, 0.3) is 5.56 Å². The first-order chi connectivity index (χ1) is 20.7. The number of aryl methyl sites for hydroxylation is 1. The van der Waals surface area contributed by atoms with E-state index in [1.807, 2.05) is 39.0 Å². The van der Waals surface area contributed by atoms with Crippen LogP contribution >= 0.6 is 27.3 Å². The number of aromatic nitrogens is 2. The van der Waals surface area contributed by atoms with Crippen molar-refractivity contribution in [2.24, 2.45) is 4.99 Å². The number of esters is 1. The van der Waals surface area contributed by atoms with Gasteiger partial charge in [0.15, 0.2) is 4.80 Å². The number of carbonyl (C=O) groups excluding carboxylic acids is 1. The minimum atomic E-state index is -0.806. The van der Waals surface area contributed by atoms with Gasteiger partial charge < -0.3 is 18.8 Å². The Morgan fingerprint density at radius 1 is 1.07 bits per heavy atom. The molecule has 1 aliphatic heterocycles. The summed E-state index contributed by atoms with van der Waals surface area (Å²) < 4.78 is 22.1. The summed E-state index contributed by atoms with van der Waals surface area (Å²) in [6, 6.07) is 14.8. The Morgan fingerprint density at radius 3 is 2.47 bits per heavy atom. The Balaban J connectivity index is 1.76. The summed E-state index contributed by atoms with van der Waals surface area (Å²) in [6.07, 6.45) is 3.23. The Morgan fingerprint density at radius 2 is 1.81 bits per heavy atom. The quantitative estimate of drug-likeness (QED) is 0.213. The van der Waals surface area contributed by atoms with Crippen LogP contribution in [-0.2, 0) is 9.53 Å². The molecule has 2 aromatic carbocycles. The lowest BCUT2D eigenvalue weighted by atomic mass is 9.93. The van der Waals surface area contributed by atoms with E-state index in [9.17, 15) is 9.59 Å². The lowest BCUT2D eigenvalue weighted by molar-refractivity contribution is -0.139. The predicted molar refractivity (Wildman–Crippen MR) is 172 cm³/mol. The van der Waals surface area contributed by atoms with Crippen molar-refractivity contribution in [2.75, 3.05) is 20.8 Å². The van der Waals surface area contributed by atoms with E-state index in [1.54, 1.807) is 43.9 Å². The molecule has 0 amide bonds. The molecular weight excluding hydrogens is 630 g/mol. The molecule has 0 radical (unpaired) electrons. The van der Waals surface area contributed by atoms with Crippen molar-refractivity contribution >= 4 is 39.3 Å². The van der Waals surface area contributed by atoms with Crippen LogP contribution in [0.15, 0.2) is 74.1 Å². The summed E-state index contributed by atoms with van der Waals surface area (Å²) in [7, 11) is 3.14. The number of carbonyl (C=O) groups is 1. The molecule has 0 saturated carbocycles. The number of benzene rings is 2. The van der Waals surface area contributed by atoms with Gasteiger partial charge in [0.2, 0.25) is 0 Å². The first kappa shape index (κ1) is 30.6. The molecule has 1 atom stereocenters. The Bertz CT molecular complexity index is 1900. The molecule has 0 spiro atoms. The number of halogens is 1. The van der Waals surface area contributed by atoms with Gasteiger partial charge in [-0.1, -0.05) is 40.6 Å². The smallest absolute Gasteiger partial charge is 0.338 e. The van der Waals surface area contributed by atoms with Gasteiger partial charge in [0.1, 0.15) is 17.5 Å². The minimum absolute atomic E-state index is 0.197. The number of fused-ring (bicyclic) bond motifs is 1. The first-order valence-corrected chi connectivity index (χ1v) is 15.7. The molecule has 10 heteroatoms. The van der Waals surface area contributed by atoms with Gasteiger partial charge in [0, 0.05) is 27.1 Å². The van der Waals surface area contributed by atoms with E-state index in [-0.39, 0.29) is 12.2 Å². The maximum atomic E-state index is 14.3. The van der Waals surface area contributed by atoms with Crippen LogP contribution in [0.2, 0.25) is 0 Å². The van der Waals surface area contributed by atoms with Crippen molar-refractivity contribution in [3.8, 4) is 17.2 Å². The minimum Gasteiger partial charge on any atom is -0.497 e. The van der Waals surface area contributed by atoms with Crippen molar-refractivity contribution in [3.05, 3.63) is 106 Å². The van der Waals surface area contributed by atoms with Gasteiger partial charge in [-0.2, -0.15) is 0 Å². The largest absolute Gasteiger partial charge is 0.497 e. The van der Waals surface area contributed by atoms with E-state index in [0.29, 0.717) is 44.1 Å². The molecule has 5 rings (SSSR count). The highest BCUT2D eigenvalue weighted by atomic mass is 79.9. The third-order valence-corrected chi connectivity index (χ3v) is 8.98. The lowest BCUT2D eigenvalue weighted by Crippen LogP contribution is -2.40. The molecule has 3 heterocycles. The molecule has 0 aliphatic carbocycles. The molecule has 0 N–H and O–H groups in total. The van der Waals surface area contributed by atoms with Crippen LogP contribution in [-0.4, -0.2) is 35.9 Å². The van der Waals surface area contributed by atoms with Crippen molar-refractivity contribution in [2.45, 2.75) is 46.6 Å². The van der Waals surface area contributed by atoms with Crippen molar-refractivity contribution in [1.29, 1.82) is 0 Å². The van der Waals surface area contributed by atoms with E-state index in [4.69, 9.17) is 19.2 Å². The zero-order valence-corrected chi connectivity index (χ0v) is 27.5. The molecule has 4 aromatic rings. The summed E-state index contributed by atoms with van der Waals surface area (Å²) in [4.78, 5) is 33.2. The van der Waals surface area contributed by atoms with Crippen LogP contribution in [0.1, 0.15) is 55.2 Å². The highest BCUT2D eigenvalue weighted by Gasteiger charge is 2.36. The van der Waals surface area contributed by atoms with Crippen LogP contribution in [0.25, 0.3) is 11.8 Å². The maximum absolute atomic E-state index is 14.3. The second-order valence-corrected chi connectivity index (χ2v) is 12.1. The molecule has 43 heavy (non-hydrogen) atoms. The van der Waals surface area contributed by atoms with E-state index in [1.165, 1.54) is 11.3 Å². The monoisotopic (exact) mass is 663 g/mol. The zero-order chi connectivity index (χ0) is 30.8. The number of thiazole rings is 1. The molecule has 1 aliphatic rings. The Kier molecular flexibility index (Phi) is 9.08. The molecule has 224 valence electrons. The third kappa shape index (κ3) is 5.73. The number of hydrogen-bond acceptors (Lipinski definition) is 7. The summed E-state index contributed by atoms with van der Waals surface area (Å²) in [5.74, 6) is 0.602. The normalized spacial score (nSPS) is 14.9. The number of hydrogen-bond donors (Lipinski definition) is 0. The second-order valence-electron chi connectivity index (χ2n) is 10.2. The Hall–Kier alpha value is -3.89. The van der Waals surface area contributed by atoms with Crippen molar-refractivity contribution in [3.63, 3.8) is 0 Å². The number of methoxy groups -OCH3 is 2. The fourth-order valence-corrected chi connectivity index (χ4v) is 6.81. The van der Waals surface area contributed by atoms with Crippen LogP contribution < -0.4 is 24.4 Å². The molecule has 0 fully saturated rings. The second kappa shape index (κ2) is 12.8. The number of ether oxygens (including phenoxy) is 3. The van der Waals surface area contributed by atoms with Crippen LogP contribution in [0.4, 0.5) is 0 Å². The fraction of sp³-hybridized carbons (Fsp3) is 0.303. The third-order valence-electron chi connectivity index (χ3n) is 7.47. The predicted octanol–water partition coefficient (Wildman–Crippen LogP) is 5.77. The van der Waals surface area contributed by atoms with Gasteiger partial charge in [-0.25, -0.2) is 9.79 Å². The van der Waals surface area contributed by atoms with Gasteiger partial charge >= 0.3 is 5.97 Å². The van der Waals surface area contributed by atoms with Gasteiger partial charge in [-0.3, -0.25) is 9.36 Å². The number of nitrogens with zero attached hydrogens (tertiary/aromatic N) is 3. The van der Waals surface area contributed by atoms with Crippen molar-refractivity contribution < 1.29 is 19.0 Å². The fourth-order valence-electron chi connectivity index (χ4n) is 5.53. The number of allylic oxidation sites excluding steroid dienone is 1. The molecular formula is C33H34BrN3O5S. The van der Waals surface area contributed by atoms with Crippen LogP contribution in [0.3, 0.4) is 0 Å². The highest BCUT2D eigenvalue weighted by molar-refractivity contribution is 9.10. The molecule has 2 aromatic heterocycles. The van der Waals surface area contributed by atoms with Gasteiger partial charge in [0.05, 0.1) is 36.6 Å². The topological polar surface area (TPSA) is 84.0 Å². The molecule has 0 unspecified atom stereocenters. The van der Waals surface area contributed by atoms with E-state index < -0.39 is 12.0 Å². The first-order valence-electron chi connectivity index (χ1n) is 14.1. The van der Waals surface area contributed by atoms with E-state index in [0.717, 1.165) is 33.5 Å².